The first-order valence-corrected chi connectivity index (χ1v) is 4.52. The molecule has 1 heterocycles. The van der Waals surface area contributed by atoms with Crippen molar-refractivity contribution in [3.8, 4) is 0 Å². The topological polar surface area (TPSA) is 119 Å². The van der Waals surface area contributed by atoms with Crippen LogP contribution in [0.2, 0.25) is 0 Å². The van der Waals surface area contributed by atoms with E-state index in [0.717, 1.165) is 0 Å². The number of carbonyl (C=O) groups is 1. The van der Waals surface area contributed by atoms with E-state index in [4.69, 9.17) is 9.84 Å². The summed E-state index contributed by atoms with van der Waals surface area (Å²) in [5, 5.41) is 39.6. The van der Waals surface area contributed by atoms with Gasteiger partial charge in [0.25, 0.3) is 0 Å². The predicted molar refractivity (Wildman–Crippen MR) is 47.4 cm³/mol. The van der Waals surface area contributed by atoms with Gasteiger partial charge in [0.05, 0.1) is 6.61 Å². The van der Waals surface area contributed by atoms with Gasteiger partial charge in [0.15, 0.2) is 12.0 Å². The average Bonchev–Trinajstić information content (AvgIpc) is 2.09. The Morgan fingerprint density at radius 2 is 2.20 bits per heavy atom. The number of nitrogens with one attached hydrogen (secondary N) is 1. The molecule has 7 nitrogen and oxygen atoms in total. The maximum absolute atomic E-state index is 10.8. The lowest BCUT2D eigenvalue weighted by molar-refractivity contribution is -0.278. The molecule has 88 valence electrons. The Labute approximate surface area is 86.3 Å². The van der Waals surface area contributed by atoms with Crippen molar-refractivity contribution in [3.05, 3.63) is 0 Å². The number of carbonyl (C=O) groups excluding carboxylic acids is 1. The van der Waals surface area contributed by atoms with Gasteiger partial charge in [0, 0.05) is 13.3 Å². The second-order valence-corrected chi connectivity index (χ2v) is 3.57. The summed E-state index contributed by atoms with van der Waals surface area (Å²) in [4.78, 5) is 10.8. The Kier molecular flexibility index (Phi) is 3.63. The zero-order chi connectivity index (χ0) is 11.6. The van der Waals surface area contributed by atoms with Gasteiger partial charge in [0.1, 0.15) is 12.2 Å². The summed E-state index contributed by atoms with van der Waals surface area (Å²) in [5.74, 6) is -0.553. The number of aliphatic hydroxyl groups is 4. The molecule has 1 saturated heterocycles. The maximum Gasteiger partial charge on any atom is 0.219 e. The van der Waals surface area contributed by atoms with Gasteiger partial charge in [-0.15, -0.1) is 0 Å². The molecule has 4 atom stereocenters. The SMILES string of the molecule is CC(=O)N[C@@]1(O)CC(O)O[C@H](CO)[C@H]1O. The molecule has 0 aromatic carbocycles. The van der Waals surface area contributed by atoms with Crippen molar-refractivity contribution < 1.29 is 30.0 Å². The molecule has 1 aliphatic rings. The molecule has 5 N–H and O–H groups in total. The van der Waals surface area contributed by atoms with E-state index in [-0.39, 0.29) is 6.42 Å². The zero-order valence-corrected chi connectivity index (χ0v) is 8.25. The fourth-order valence-corrected chi connectivity index (χ4v) is 1.59. The third-order valence-corrected chi connectivity index (χ3v) is 2.23. The van der Waals surface area contributed by atoms with Crippen molar-refractivity contribution >= 4 is 5.91 Å². The fraction of sp³-hybridized carbons (Fsp3) is 0.875. The first-order chi connectivity index (χ1) is 6.89. The Balaban J connectivity index is 2.80. The highest BCUT2D eigenvalue weighted by atomic mass is 16.6. The van der Waals surface area contributed by atoms with Gasteiger partial charge in [-0.2, -0.15) is 0 Å². The van der Waals surface area contributed by atoms with E-state index in [1.165, 1.54) is 6.92 Å². The molecule has 0 aromatic rings. The molecule has 0 aliphatic carbocycles. The Morgan fingerprint density at radius 1 is 1.60 bits per heavy atom. The summed E-state index contributed by atoms with van der Waals surface area (Å²) in [5.41, 5.74) is -1.98. The number of ether oxygens (including phenoxy) is 1. The molecule has 0 aromatic heterocycles. The van der Waals surface area contributed by atoms with Crippen LogP contribution in [0.3, 0.4) is 0 Å². The van der Waals surface area contributed by atoms with E-state index in [0.29, 0.717) is 0 Å². The molecule has 15 heavy (non-hydrogen) atoms. The van der Waals surface area contributed by atoms with Crippen molar-refractivity contribution in [2.75, 3.05) is 6.61 Å². The predicted octanol–water partition coefficient (Wildman–Crippen LogP) is -2.73. The van der Waals surface area contributed by atoms with Crippen LogP contribution in [0.1, 0.15) is 13.3 Å². The Hall–Kier alpha value is -0.730. The highest BCUT2D eigenvalue weighted by molar-refractivity contribution is 5.73. The van der Waals surface area contributed by atoms with Crippen molar-refractivity contribution in [1.82, 2.24) is 5.32 Å². The fourth-order valence-electron chi connectivity index (χ4n) is 1.59. The van der Waals surface area contributed by atoms with Gasteiger partial charge in [-0.3, -0.25) is 4.79 Å². The second-order valence-electron chi connectivity index (χ2n) is 3.57. The van der Waals surface area contributed by atoms with Crippen LogP contribution in [0.15, 0.2) is 0 Å². The number of hydrogen-bond donors (Lipinski definition) is 5. The Morgan fingerprint density at radius 3 is 2.67 bits per heavy atom. The molecule has 1 amide bonds. The van der Waals surface area contributed by atoms with Crippen LogP contribution < -0.4 is 5.32 Å². The minimum absolute atomic E-state index is 0.357. The van der Waals surface area contributed by atoms with Gasteiger partial charge in [-0.05, 0) is 0 Å². The van der Waals surface area contributed by atoms with Crippen LogP contribution in [-0.4, -0.2) is 57.2 Å². The van der Waals surface area contributed by atoms with Crippen molar-refractivity contribution in [2.24, 2.45) is 0 Å². The normalized spacial score (nSPS) is 41.3. The van der Waals surface area contributed by atoms with Crippen LogP contribution in [0, 0.1) is 0 Å². The Bertz CT molecular complexity index is 247. The van der Waals surface area contributed by atoms with Crippen LogP contribution in [0.4, 0.5) is 0 Å². The lowest BCUT2D eigenvalue weighted by Gasteiger charge is -2.43. The van der Waals surface area contributed by atoms with E-state index in [1.807, 2.05) is 0 Å². The molecular weight excluding hydrogens is 206 g/mol. The van der Waals surface area contributed by atoms with Crippen molar-refractivity contribution in [1.29, 1.82) is 0 Å². The van der Waals surface area contributed by atoms with Crippen molar-refractivity contribution in [3.63, 3.8) is 0 Å². The molecule has 1 unspecified atom stereocenters. The number of amides is 1. The third-order valence-electron chi connectivity index (χ3n) is 2.23. The van der Waals surface area contributed by atoms with E-state index in [1.54, 1.807) is 0 Å². The first-order valence-electron chi connectivity index (χ1n) is 4.52. The quantitative estimate of drug-likeness (QED) is 0.323. The van der Waals surface area contributed by atoms with Gasteiger partial charge in [-0.1, -0.05) is 0 Å². The molecule has 0 bridgehead atoms. The largest absolute Gasteiger partial charge is 0.394 e. The molecule has 0 spiro atoms. The van der Waals surface area contributed by atoms with E-state index in [9.17, 15) is 20.1 Å². The van der Waals surface area contributed by atoms with Crippen LogP contribution in [-0.2, 0) is 9.53 Å². The summed E-state index contributed by atoms with van der Waals surface area (Å²) in [6.07, 6.45) is -4.33. The average molecular weight is 221 g/mol. The van der Waals surface area contributed by atoms with Crippen molar-refractivity contribution in [2.45, 2.75) is 37.6 Å². The molecule has 0 radical (unpaired) electrons. The smallest absolute Gasteiger partial charge is 0.219 e. The van der Waals surface area contributed by atoms with E-state index < -0.39 is 36.7 Å². The van der Waals surface area contributed by atoms with Gasteiger partial charge in [0.2, 0.25) is 5.91 Å². The number of hydrogen-bond acceptors (Lipinski definition) is 6. The van der Waals surface area contributed by atoms with Crippen LogP contribution in [0.5, 0.6) is 0 Å². The molecule has 0 saturated carbocycles. The summed E-state index contributed by atoms with van der Waals surface area (Å²) < 4.78 is 4.77. The number of aliphatic hydroxyl groups excluding tert-OH is 3. The highest BCUT2D eigenvalue weighted by Gasteiger charge is 2.48. The third kappa shape index (κ3) is 2.64. The second kappa shape index (κ2) is 4.42. The molecule has 1 rings (SSSR count). The van der Waals surface area contributed by atoms with Crippen LogP contribution in [0.25, 0.3) is 0 Å². The minimum atomic E-state index is -1.98. The summed E-state index contributed by atoms with van der Waals surface area (Å²) >= 11 is 0. The standard InChI is InChI=1S/C8H15NO6/c1-4(11)9-8(14)2-6(12)15-5(3-10)7(8)13/h5-7,10,12-14H,2-3H2,1H3,(H,9,11)/t5-,6?,7-,8-/m1/s1. The molecule has 7 heteroatoms. The monoisotopic (exact) mass is 221 g/mol. The summed E-state index contributed by atoms with van der Waals surface area (Å²) in [6.45, 7) is 0.598. The maximum atomic E-state index is 10.8. The van der Waals surface area contributed by atoms with Gasteiger partial charge < -0.3 is 30.5 Å². The molecule has 1 fully saturated rings. The van der Waals surface area contributed by atoms with E-state index >= 15 is 0 Å². The highest BCUT2D eigenvalue weighted by Crippen LogP contribution is 2.26. The summed E-state index contributed by atoms with van der Waals surface area (Å²) in [7, 11) is 0. The first kappa shape index (κ1) is 12.3. The lowest BCUT2D eigenvalue weighted by atomic mass is 9.94. The minimum Gasteiger partial charge on any atom is -0.394 e. The number of rotatable bonds is 2. The van der Waals surface area contributed by atoms with Crippen LogP contribution >= 0.6 is 0 Å². The lowest BCUT2D eigenvalue weighted by Crippen LogP contribution is -2.66. The summed E-state index contributed by atoms with van der Waals surface area (Å²) in [6, 6.07) is 0. The van der Waals surface area contributed by atoms with Gasteiger partial charge >= 0.3 is 0 Å². The molecular formula is C8H15NO6. The van der Waals surface area contributed by atoms with E-state index in [2.05, 4.69) is 5.32 Å². The zero-order valence-electron chi connectivity index (χ0n) is 8.25. The van der Waals surface area contributed by atoms with Gasteiger partial charge in [-0.25, -0.2) is 0 Å². The molecule has 1 aliphatic heterocycles.